The molecule has 1 atom stereocenters. The largest absolute Gasteiger partial charge is 0.493 e. The predicted molar refractivity (Wildman–Crippen MR) is 125 cm³/mol. The van der Waals surface area contributed by atoms with Crippen LogP contribution in [-0.4, -0.2) is 63.9 Å². The molecule has 0 aliphatic carbocycles. The number of anilines is 1. The number of ether oxygens (including phenoxy) is 4. The first-order valence-electron chi connectivity index (χ1n) is 11.1. The molecule has 1 aliphatic rings. The molecule has 1 heterocycles. The highest BCUT2D eigenvalue weighted by molar-refractivity contribution is 5.76. The second-order valence-electron chi connectivity index (χ2n) is 7.58. The van der Waals surface area contributed by atoms with Gasteiger partial charge in [0.25, 0.3) is 0 Å². The first kappa shape index (κ1) is 24.4. The van der Waals surface area contributed by atoms with Gasteiger partial charge in [0, 0.05) is 12.2 Å². The van der Waals surface area contributed by atoms with Crippen molar-refractivity contribution in [1.82, 2.24) is 4.90 Å². The molecule has 0 saturated carbocycles. The van der Waals surface area contributed by atoms with E-state index in [0.29, 0.717) is 31.3 Å². The number of methoxy groups -OCH3 is 2. The Balaban J connectivity index is 2.05. The van der Waals surface area contributed by atoms with Crippen LogP contribution in [0.15, 0.2) is 36.4 Å². The number of hydrogen-bond acceptors (Lipinski definition) is 8. The third-order valence-electron chi connectivity index (χ3n) is 5.59. The topological polar surface area (TPSA) is 86.3 Å². The van der Waals surface area contributed by atoms with Crippen LogP contribution in [0.2, 0.25) is 0 Å². The fourth-order valence-electron chi connectivity index (χ4n) is 4.18. The molecule has 33 heavy (non-hydrogen) atoms. The van der Waals surface area contributed by atoms with Gasteiger partial charge in [-0.25, -0.2) is 0 Å². The Labute approximate surface area is 194 Å². The summed E-state index contributed by atoms with van der Waals surface area (Å²) in [4.78, 5) is 26.5. The first-order chi connectivity index (χ1) is 16.0. The number of rotatable bonds is 10. The summed E-state index contributed by atoms with van der Waals surface area (Å²) >= 11 is 0. The number of carbonyl (C=O) groups is 2. The normalized spacial score (nSPS) is 15.3. The predicted octanol–water partition coefficient (Wildman–Crippen LogP) is 3.19. The summed E-state index contributed by atoms with van der Waals surface area (Å²) < 4.78 is 21.4. The molecular weight excluding hydrogens is 424 g/mol. The third-order valence-corrected chi connectivity index (χ3v) is 5.59. The number of fused-ring (bicyclic) bond motifs is 1. The molecule has 8 nitrogen and oxygen atoms in total. The molecule has 0 spiro atoms. The van der Waals surface area contributed by atoms with Crippen molar-refractivity contribution in [3.05, 3.63) is 53.1 Å². The van der Waals surface area contributed by atoms with Crippen molar-refractivity contribution in [3.8, 4) is 11.5 Å². The molecule has 0 bridgehead atoms. The van der Waals surface area contributed by atoms with Crippen LogP contribution in [-0.2, 0) is 25.5 Å². The van der Waals surface area contributed by atoms with E-state index in [0.717, 1.165) is 28.8 Å². The molecule has 0 radical (unpaired) electrons. The maximum absolute atomic E-state index is 12.4. The van der Waals surface area contributed by atoms with Gasteiger partial charge in [-0.15, -0.1) is 0 Å². The number of benzene rings is 2. The lowest BCUT2D eigenvalue weighted by Gasteiger charge is -2.38. The van der Waals surface area contributed by atoms with Gasteiger partial charge in [-0.05, 0) is 55.2 Å². The number of nitrogens with one attached hydrogen (secondary N) is 1. The average Bonchev–Trinajstić information content (AvgIpc) is 2.82. The minimum atomic E-state index is -0.328. The molecule has 0 fully saturated rings. The van der Waals surface area contributed by atoms with Crippen molar-refractivity contribution in [2.45, 2.75) is 26.3 Å². The van der Waals surface area contributed by atoms with Gasteiger partial charge in [0.2, 0.25) is 0 Å². The molecule has 1 N–H and O–H groups in total. The van der Waals surface area contributed by atoms with E-state index in [4.69, 9.17) is 18.9 Å². The van der Waals surface area contributed by atoms with E-state index in [2.05, 4.69) is 10.2 Å². The van der Waals surface area contributed by atoms with Crippen LogP contribution in [0.25, 0.3) is 0 Å². The van der Waals surface area contributed by atoms with E-state index >= 15 is 0 Å². The fraction of sp³-hybridized carbons (Fsp3) is 0.440. The lowest BCUT2D eigenvalue weighted by atomic mass is 9.87. The highest BCUT2D eigenvalue weighted by Gasteiger charge is 2.33. The molecule has 2 aromatic rings. The van der Waals surface area contributed by atoms with Gasteiger partial charge in [-0.2, -0.15) is 0 Å². The van der Waals surface area contributed by atoms with Crippen LogP contribution in [0.3, 0.4) is 0 Å². The minimum absolute atomic E-state index is 0.0498. The molecule has 3 rings (SSSR count). The third kappa shape index (κ3) is 5.76. The minimum Gasteiger partial charge on any atom is -0.493 e. The molecule has 178 valence electrons. The Kier molecular flexibility index (Phi) is 8.54. The SMILES string of the molecule is CCOC(=O)CNc1ccccc1[C@@H]1c2cc(OC)c(OC)cc2CCN1CC(=O)OCC. The van der Waals surface area contributed by atoms with Gasteiger partial charge < -0.3 is 24.3 Å². The summed E-state index contributed by atoms with van der Waals surface area (Å²) in [6, 6.07) is 11.5. The van der Waals surface area contributed by atoms with Crippen LogP contribution in [0.4, 0.5) is 5.69 Å². The second kappa shape index (κ2) is 11.6. The van der Waals surface area contributed by atoms with E-state index in [-0.39, 0.29) is 31.1 Å². The van der Waals surface area contributed by atoms with Crippen LogP contribution in [0.1, 0.15) is 36.6 Å². The lowest BCUT2D eigenvalue weighted by molar-refractivity contribution is -0.145. The van der Waals surface area contributed by atoms with E-state index in [1.807, 2.05) is 36.4 Å². The Morgan fingerprint density at radius 3 is 2.33 bits per heavy atom. The summed E-state index contributed by atoms with van der Waals surface area (Å²) in [5, 5.41) is 3.20. The van der Waals surface area contributed by atoms with E-state index in [1.54, 1.807) is 28.1 Å². The van der Waals surface area contributed by atoms with Crippen LogP contribution >= 0.6 is 0 Å². The quantitative estimate of drug-likeness (QED) is 0.546. The van der Waals surface area contributed by atoms with Crippen molar-refractivity contribution in [1.29, 1.82) is 0 Å². The second-order valence-corrected chi connectivity index (χ2v) is 7.58. The van der Waals surface area contributed by atoms with Crippen molar-refractivity contribution >= 4 is 17.6 Å². The molecule has 0 amide bonds. The summed E-state index contributed by atoms with van der Waals surface area (Å²) in [5.41, 5.74) is 3.89. The fourth-order valence-corrected chi connectivity index (χ4v) is 4.18. The zero-order chi connectivity index (χ0) is 23.8. The van der Waals surface area contributed by atoms with Gasteiger partial charge in [0.05, 0.1) is 40.0 Å². The first-order valence-corrected chi connectivity index (χ1v) is 11.1. The number of nitrogens with zero attached hydrogens (tertiary/aromatic N) is 1. The van der Waals surface area contributed by atoms with Gasteiger partial charge in [0.1, 0.15) is 6.54 Å². The van der Waals surface area contributed by atoms with Crippen LogP contribution in [0.5, 0.6) is 11.5 Å². The smallest absolute Gasteiger partial charge is 0.325 e. The standard InChI is InChI=1S/C25H32N2O6/c1-5-32-23(28)15-26-20-10-8-7-9-18(20)25-19-14-22(31-4)21(30-3)13-17(19)11-12-27(25)16-24(29)33-6-2/h7-10,13-14,25-26H,5-6,11-12,15-16H2,1-4H3/t25-/m1/s1. The number of esters is 2. The molecule has 0 saturated heterocycles. The molecule has 8 heteroatoms. The Bertz CT molecular complexity index is 977. The number of hydrogen-bond donors (Lipinski definition) is 1. The van der Waals surface area contributed by atoms with E-state index in [1.165, 1.54) is 0 Å². The zero-order valence-electron chi connectivity index (χ0n) is 19.7. The lowest BCUT2D eigenvalue weighted by Crippen LogP contribution is -2.40. The zero-order valence-corrected chi connectivity index (χ0v) is 19.7. The van der Waals surface area contributed by atoms with Gasteiger partial charge in [-0.1, -0.05) is 18.2 Å². The Morgan fingerprint density at radius 2 is 1.64 bits per heavy atom. The highest BCUT2D eigenvalue weighted by atomic mass is 16.5. The van der Waals surface area contributed by atoms with Gasteiger partial charge in [-0.3, -0.25) is 14.5 Å². The van der Waals surface area contributed by atoms with Gasteiger partial charge >= 0.3 is 11.9 Å². The van der Waals surface area contributed by atoms with E-state index in [9.17, 15) is 9.59 Å². The Hall–Kier alpha value is -3.26. The van der Waals surface area contributed by atoms with Crippen molar-refractivity contribution in [2.24, 2.45) is 0 Å². The number of para-hydroxylation sites is 1. The van der Waals surface area contributed by atoms with Crippen molar-refractivity contribution in [3.63, 3.8) is 0 Å². The molecule has 2 aromatic carbocycles. The van der Waals surface area contributed by atoms with Crippen LogP contribution in [0, 0.1) is 0 Å². The molecule has 0 unspecified atom stereocenters. The maximum Gasteiger partial charge on any atom is 0.325 e. The highest BCUT2D eigenvalue weighted by Crippen LogP contribution is 2.42. The maximum atomic E-state index is 12.4. The average molecular weight is 457 g/mol. The summed E-state index contributed by atoms with van der Waals surface area (Å²) in [6.45, 7) is 5.10. The monoisotopic (exact) mass is 456 g/mol. The molecule has 1 aliphatic heterocycles. The van der Waals surface area contributed by atoms with Crippen molar-refractivity contribution in [2.75, 3.05) is 52.4 Å². The number of carbonyl (C=O) groups excluding carboxylic acids is 2. The van der Waals surface area contributed by atoms with Crippen LogP contribution < -0.4 is 14.8 Å². The molecule has 0 aromatic heterocycles. The van der Waals surface area contributed by atoms with Gasteiger partial charge in [0.15, 0.2) is 11.5 Å². The summed E-state index contributed by atoms with van der Waals surface area (Å²) in [7, 11) is 3.22. The van der Waals surface area contributed by atoms with Crippen molar-refractivity contribution < 1.29 is 28.5 Å². The molecular formula is C25H32N2O6. The summed E-state index contributed by atoms with van der Waals surface area (Å²) in [5.74, 6) is 0.688. The Morgan fingerprint density at radius 1 is 0.970 bits per heavy atom. The van der Waals surface area contributed by atoms with E-state index < -0.39 is 0 Å². The summed E-state index contributed by atoms with van der Waals surface area (Å²) in [6.07, 6.45) is 0.754.